The normalized spacial score (nSPS) is 30.8. The summed E-state index contributed by atoms with van der Waals surface area (Å²) in [5.41, 5.74) is 0. The van der Waals surface area contributed by atoms with Gasteiger partial charge in [0.15, 0.2) is 18.5 Å². The van der Waals surface area contributed by atoms with Gasteiger partial charge in [-0.1, -0.05) is 0 Å². The molecule has 2 aliphatic rings. The van der Waals surface area contributed by atoms with E-state index in [4.69, 9.17) is 28.4 Å². The van der Waals surface area contributed by atoms with Gasteiger partial charge in [0.05, 0.1) is 0 Å². The first kappa shape index (κ1) is 20.1. The Morgan fingerprint density at radius 3 is 2.12 bits per heavy atom. The molecule has 2 heterocycles. The molecule has 0 saturated carbocycles. The van der Waals surface area contributed by atoms with E-state index in [2.05, 4.69) is 0 Å². The molecule has 2 rings (SSSR count). The Bertz CT molecular complexity index is 573. The Hall–Kier alpha value is -2.20. The molecule has 10 nitrogen and oxygen atoms in total. The smallest absolute Gasteiger partial charge is 0.303 e. The lowest BCUT2D eigenvalue weighted by Crippen LogP contribution is -2.53. The molecular weight excluding hydrogens is 352 g/mol. The first-order chi connectivity index (χ1) is 12.2. The minimum absolute atomic E-state index is 0.144. The van der Waals surface area contributed by atoms with E-state index < -0.39 is 60.7 Å². The summed E-state index contributed by atoms with van der Waals surface area (Å²) in [6.45, 7) is 4.62. The van der Waals surface area contributed by atoms with Crippen LogP contribution in [-0.4, -0.2) is 67.3 Å². The number of fused-ring (bicyclic) bond motifs is 2. The number of rotatable bonds is 6. The van der Waals surface area contributed by atoms with Gasteiger partial charge in [-0.05, 0) is 0 Å². The second-order valence-electron chi connectivity index (χ2n) is 6.04. The van der Waals surface area contributed by atoms with Crippen molar-refractivity contribution < 1.29 is 47.6 Å². The standard InChI is InChI=1S/C16H22O10/c1-7(17)21-6-12(23-9(3)19)15-16-14(24-10(4)20)11(22-8(2)18)5-13(25-15)26-16/h11-16H,5-6H2,1-4H3/t11-,12?,13+,14+,15?,16-/m1/s1. The van der Waals surface area contributed by atoms with Crippen molar-refractivity contribution in [3.63, 3.8) is 0 Å². The lowest BCUT2D eigenvalue weighted by atomic mass is 9.96. The van der Waals surface area contributed by atoms with Gasteiger partial charge in [0.1, 0.15) is 24.9 Å². The van der Waals surface area contributed by atoms with Crippen LogP contribution in [0.3, 0.4) is 0 Å². The summed E-state index contributed by atoms with van der Waals surface area (Å²) in [5.74, 6) is -2.29. The molecule has 0 spiro atoms. The lowest BCUT2D eigenvalue weighted by Gasteiger charge is -2.35. The molecule has 0 aromatic heterocycles. The summed E-state index contributed by atoms with van der Waals surface area (Å²) in [4.78, 5) is 45.3. The third-order valence-corrected chi connectivity index (χ3v) is 3.81. The molecule has 0 aromatic rings. The maximum absolute atomic E-state index is 11.5. The molecule has 0 radical (unpaired) electrons. The highest BCUT2D eigenvalue weighted by molar-refractivity contribution is 5.68. The Labute approximate surface area is 150 Å². The van der Waals surface area contributed by atoms with Crippen molar-refractivity contribution in [2.75, 3.05) is 6.61 Å². The average Bonchev–Trinajstić information content (AvgIpc) is 2.85. The van der Waals surface area contributed by atoms with Crippen LogP contribution in [-0.2, 0) is 47.6 Å². The summed E-state index contributed by atoms with van der Waals surface area (Å²) in [6.07, 6.45) is -5.01. The Balaban J connectivity index is 2.22. The van der Waals surface area contributed by atoms with Crippen LogP contribution in [0.5, 0.6) is 0 Å². The lowest BCUT2D eigenvalue weighted by molar-refractivity contribution is -0.203. The van der Waals surface area contributed by atoms with E-state index in [0.717, 1.165) is 0 Å². The highest BCUT2D eigenvalue weighted by atomic mass is 16.8. The zero-order valence-electron chi connectivity index (χ0n) is 15.0. The SMILES string of the molecule is CC(=O)OCC(OC(C)=O)C1O[C@@H]2C[C@@H](OC(C)=O)[C@H](OC(C)=O)[C@H]1O2. The molecule has 2 unspecified atom stereocenters. The van der Waals surface area contributed by atoms with E-state index >= 15 is 0 Å². The predicted octanol–water partition coefficient (Wildman–Crippen LogP) is -0.142. The summed E-state index contributed by atoms with van der Waals surface area (Å²) in [5, 5.41) is 0. The first-order valence-electron chi connectivity index (χ1n) is 8.13. The van der Waals surface area contributed by atoms with E-state index in [0.29, 0.717) is 0 Å². The van der Waals surface area contributed by atoms with Crippen LogP contribution >= 0.6 is 0 Å². The zero-order valence-corrected chi connectivity index (χ0v) is 15.0. The molecule has 146 valence electrons. The Morgan fingerprint density at radius 2 is 1.58 bits per heavy atom. The van der Waals surface area contributed by atoms with Crippen molar-refractivity contribution >= 4 is 23.9 Å². The van der Waals surface area contributed by atoms with Crippen LogP contribution in [0.4, 0.5) is 0 Å². The van der Waals surface area contributed by atoms with Gasteiger partial charge in [-0.25, -0.2) is 0 Å². The minimum atomic E-state index is -0.972. The predicted molar refractivity (Wildman–Crippen MR) is 81.4 cm³/mol. The molecule has 6 atom stereocenters. The number of esters is 4. The molecule has 2 aliphatic heterocycles. The van der Waals surface area contributed by atoms with Gasteiger partial charge in [0.2, 0.25) is 0 Å². The van der Waals surface area contributed by atoms with E-state index in [1.54, 1.807) is 0 Å². The number of hydrogen-bond donors (Lipinski definition) is 0. The quantitative estimate of drug-likeness (QED) is 0.458. The van der Waals surface area contributed by atoms with Crippen molar-refractivity contribution in [1.82, 2.24) is 0 Å². The van der Waals surface area contributed by atoms with Gasteiger partial charge in [-0.3, -0.25) is 19.2 Å². The molecule has 0 aliphatic carbocycles. The van der Waals surface area contributed by atoms with Crippen molar-refractivity contribution in [2.45, 2.75) is 70.9 Å². The van der Waals surface area contributed by atoms with Gasteiger partial charge >= 0.3 is 23.9 Å². The molecular formula is C16H22O10. The van der Waals surface area contributed by atoms with E-state index in [1.165, 1.54) is 27.7 Å². The molecule has 2 bridgehead atoms. The third kappa shape index (κ3) is 5.15. The molecule has 2 saturated heterocycles. The van der Waals surface area contributed by atoms with Crippen LogP contribution in [0, 0.1) is 0 Å². The van der Waals surface area contributed by atoms with Crippen molar-refractivity contribution in [3.05, 3.63) is 0 Å². The van der Waals surface area contributed by atoms with Crippen LogP contribution in [0.25, 0.3) is 0 Å². The van der Waals surface area contributed by atoms with Gasteiger partial charge < -0.3 is 28.4 Å². The summed E-state index contributed by atoms with van der Waals surface area (Å²) < 4.78 is 32.0. The van der Waals surface area contributed by atoms with Crippen LogP contribution in [0.2, 0.25) is 0 Å². The second kappa shape index (κ2) is 8.45. The highest BCUT2D eigenvalue weighted by Crippen LogP contribution is 2.37. The summed E-state index contributed by atoms with van der Waals surface area (Å²) >= 11 is 0. The van der Waals surface area contributed by atoms with Gasteiger partial charge in [0, 0.05) is 34.1 Å². The maximum Gasteiger partial charge on any atom is 0.303 e. The fraction of sp³-hybridized carbons (Fsp3) is 0.750. The van der Waals surface area contributed by atoms with Crippen molar-refractivity contribution in [2.24, 2.45) is 0 Å². The highest BCUT2D eigenvalue weighted by Gasteiger charge is 2.55. The van der Waals surface area contributed by atoms with Crippen molar-refractivity contribution in [3.8, 4) is 0 Å². The zero-order chi connectivity index (χ0) is 19.4. The number of carbonyl (C=O) groups is 4. The monoisotopic (exact) mass is 374 g/mol. The van der Waals surface area contributed by atoms with E-state index in [1.807, 2.05) is 0 Å². The molecule has 26 heavy (non-hydrogen) atoms. The van der Waals surface area contributed by atoms with Gasteiger partial charge in [-0.2, -0.15) is 0 Å². The Morgan fingerprint density at radius 1 is 0.923 bits per heavy atom. The second-order valence-corrected chi connectivity index (χ2v) is 6.04. The Kier molecular flexibility index (Phi) is 6.54. The molecule has 0 N–H and O–H groups in total. The number of hydrogen-bond acceptors (Lipinski definition) is 10. The number of carbonyl (C=O) groups excluding carboxylic acids is 4. The number of ether oxygens (including phenoxy) is 6. The largest absolute Gasteiger partial charge is 0.462 e. The first-order valence-corrected chi connectivity index (χ1v) is 8.13. The minimum Gasteiger partial charge on any atom is -0.462 e. The van der Waals surface area contributed by atoms with Crippen LogP contribution in [0.15, 0.2) is 0 Å². The maximum atomic E-state index is 11.5. The molecule has 0 amide bonds. The third-order valence-electron chi connectivity index (χ3n) is 3.81. The average molecular weight is 374 g/mol. The van der Waals surface area contributed by atoms with Crippen LogP contribution < -0.4 is 0 Å². The van der Waals surface area contributed by atoms with E-state index in [9.17, 15) is 19.2 Å². The van der Waals surface area contributed by atoms with Crippen LogP contribution in [0.1, 0.15) is 34.1 Å². The van der Waals surface area contributed by atoms with Crippen molar-refractivity contribution in [1.29, 1.82) is 0 Å². The molecule has 10 heteroatoms. The van der Waals surface area contributed by atoms with Gasteiger partial charge in [0.25, 0.3) is 0 Å². The van der Waals surface area contributed by atoms with E-state index in [-0.39, 0.29) is 13.0 Å². The van der Waals surface area contributed by atoms with Gasteiger partial charge in [-0.15, -0.1) is 0 Å². The fourth-order valence-corrected chi connectivity index (χ4v) is 3.02. The summed E-state index contributed by atoms with van der Waals surface area (Å²) in [6, 6.07) is 0. The molecule has 2 fully saturated rings. The molecule has 0 aromatic carbocycles. The summed E-state index contributed by atoms with van der Waals surface area (Å²) in [7, 11) is 0. The topological polar surface area (TPSA) is 124 Å². The fourth-order valence-electron chi connectivity index (χ4n) is 3.02.